The minimum atomic E-state index is -0.964. The summed E-state index contributed by atoms with van der Waals surface area (Å²) in [7, 11) is 0. The van der Waals surface area contributed by atoms with Crippen LogP contribution in [0.15, 0.2) is 0 Å². The van der Waals surface area contributed by atoms with Crippen LogP contribution in [0, 0.1) is 0 Å². The van der Waals surface area contributed by atoms with E-state index in [0.717, 1.165) is 32.1 Å². The lowest BCUT2D eigenvalue weighted by Gasteiger charge is -2.14. The third-order valence-corrected chi connectivity index (χ3v) is 3.76. The van der Waals surface area contributed by atoms with Crippen molar-refractivity contribution in [3.05, 3.63) is 0 Å². The van der Waals surface area contributed by atoms with Gasteiger partial charge in [0.2, 0.25) is 0 Å². The molecule has 0 bridgehead atoms. The fourth-order valence-corrected chi connectivity index (χ4v) is 2.33. The van der Waals surface area contributed by atoms with E-state index in [4.69, 9.17) is 18.9 Å². The maximum Gasteiger partial charge on any atom is 0.509 e. The monoisotopic (exact) mass is 330 g/mol. The van der Waals surface area contributed by atoms with Gasteiger partial charge in [0.25, 0.3) is 0 Å². The first kappa shape index (κ1) is 19.7. The summed E-state index contributed by atoms with van der Waals surface area (Å²) in [6.45, 7) is 4.89. The van der Waals surface area contributed by atoms with Crippen LogP contribution in [0.3, 0.4) is 0 Å². The van der Waals surface area contributed by atoms with Gasteiger partial charge in [-0.3, -0.25) is 0 Å². The third-order valence-electron chi connectivity index (χ3n) is 3.76. The van der Waals surface area contributed by atoms with Crippen LogP contribution in [0.1, 0.15) is 65.2 Å². The lowest BCUT2D eigenvalue weighted by atomic mass is 10.1. The smallest absolute Gasteiger partial charge is 0.460 e. The van der Waals surface area contributed by atoms with Gasteiger partial charge in [0.05, 0.1) is 12.7 Å². The zero-order valence-electron chi connectivity index (χ0n) is 14.4. The van der Waals surface area contributed by atoms with Gasteiger partial charge < -0.3 is 18.9 Å². The van der Waals surface area contributed by atoms with Crippen LogP contribution in [0.25, 0.3) is 0 Å². The van der Waals surface area contributed by atoms with E-state index in [0.29, 0.717) is 13.2 Å². The molecule has 1 aliphatic heterocycles. The highest BCUT2D eigenvalue weighted by Gasteiger charge is 2.23. The Morgan fingerprint density at radius 3 is 2.57 bits per heavy atom. The second kappa shape index (κ2) is 12.2. The number of hydrogen-bond acceptors (Lipinski definition) is 6. The molecule has 6 heteroatoms. The van der Waals surface area contributed by atoms with Gasteiger partial charge in [-0.25, -0.2) is 9.59 Å². The number of ether oxygens (including phenoxy) is 4. The molecule has 0 saturated carbocycles. The summed E-state index contributed by atoms with van der Waals surface area (Å²) < 4.78 is 20.3. The van der Waals surface area contributed by atoms with E-state index in [1.807, 2.05) is 0 Å². The number of hydrogen-bond donors (Lipinski definition) is 0. The summed E-state index contributed by atoms with van der Waals surface area (Å²) in [5, 5.41) is 0. The van der Waals surface area contributed by atoms with Crippen molar-refractivity contribution in [1.29, 1.82) is 0 Å². The molecular formula is C17H30O6. The molecule has 0 amide bonds. The van der Waals surface area contributed by atoms with E-state index in [-0.39, 0.29) is 12.7 Å². The first-order valence-electron chi connectivity index (χ1n) is 8.75. The second-order valence-corrected chi connectivity index (χ2v) is 5.89. The van der Waals surface area contributed by atoms with Crippen molar-refractivity contribution >= 4 is 12.1 Å². The zero-order valence-corrected chi connectivity index (χ0v) is 14.4. The van der Waals surface area contributed by atoms with Gasteiger partial charge in [0.15, 0.2) is 6.10 Å². The van der Waals surface area contributed by atoms with Crippen molar-refractivity contribution in [2.24, 2.45) is 0 Å². The van der Waals surface area contributed by atoms with Crippen molar-refractivity contribution < 1.29 is 28.5 Å². The number of carbonyl (C=O) groups is 2. The second-order valence-electron chi connectivity index (χ2n) is 5.89. The molecule has 1 fully saturated rings. The normalized spacial score (nSPS) is 18.4. The molecular weight excluding hydrogens is 300 g/mol. The molecule has 0 N–H and O–H groups in total. The Balaban J connectivity index is 2.02. The summed E-state index contributed by atoms with van der Waals surface area (Å²) in [4.78, 5) is 23.2. The molecule has 134 valence electrons. The Labute approximate surface area is 138 Å². The van der Waals surface area contributed by atoms with Crippen LogP contribution >= 0.6 is 0 Å². The number of carbonyl (C=O) groups excluding carboxylic acids is 2. The largest absolute Gasteiger partial charge is 0.509 e. The molecule has 23 heavy (non-hydrogen) atoms. The maximum atomic E-state index is 11.7. The summed E-state index contributed by atoms with van der Waals surface area (Å²) >= 11 is 0. The van der Waals surface area contributed by atoms with Crippen molar-refractivity contribution in [3.63, 3.8) is 0 Å². The molecule has 1 saturated heterocycles. The van der Waals surface area contributed by atoms with Crippen LogP contribution in [0.5, 0.6) is 0 Å². The van der Waals surface area contributed by atoms with Crippen molar-refractivity contribution in [2.75, 3.05) is 19.8 Å². The van der Waals surface area contributed by atoms with Gasteiger partial charge in [-0.1, -0.05) is 39.0 Å². The molecule has 0 radical (unpaired) electrons. The van der Waals surface area contributed by atoms with Gasteiger partial charge in [0, 0.05) is 6.61 Å². The summed E-state index contributed by atoms with van der Waals surface area (Å²) in [6.07, 6.45) is 6.73. The van der Waals surface area contributed by atoms with Crippen molar-refractivity contribution in [2.45, 2.75) is 77.4 Å². The molecule has 6 nitrogen and oxygen atoms in total. The fourth-order valence-electron chi connectivity index (χ4n) is 2.33. The van der Waals surface area contributed by atoms with Crippen LogP contribution in [0.4, 0.5) is 4.79 Å². The lowest BCUT2D eigenvalue weighted by molar-refractivity contribution is -0.157. The molecule has 0 aromatic rings. The first-order chi connectivity index (χ1) is 11.1. The minimum absolute atomic E-state index is 0.0363. The van der Waals surface area contributed by atoms with Crippen LogP contribution < -0.4 is 0 Å². The molecule has 1 heterocycles. The van der Waals surface area contributed by atoms with Crippen LogP contribution in [-0.4, -0.2) is 44.2 Å². The maximum absolute atomic E-state index is 11.7. The summed E-state index contributed by atoms with van der Waals surface area (Å²) in [6, 6.07) is 0. The lowest BCUT2D eigenvalue weighted by Crippen LogP contribution is -2.29. The number of rotatable bonds is 11. The Morgan fingerprint density at radius 2 is 1.87 bits per heavy atom. The van der Waals surface area contributed by atoms with Gasteiger partial charge in [-0.15, -0.1) is 0 Å². The predicted octanol–water partition coefficient (Wildman–Crippen LogP) is 3.61. The van der Waals surface area contributed by atoms with E-state index < -0.39 is 18.2 Å². The number of unbranched alkanes of at least 4 members (excludes halogenated alkanes) is 5. The van der Waals surface area contributed by atoms with Crippen LogP contribution in [-0.2, 0) is 23.7 Å². The molecule has 2 unspecified atom stereocenters. The molecule has 1 rings (SSSR count). The fraction of sp³-hybridized carbons (Fsp3) is 0.882. The summed E-state index contributed by atoms with van der Waals surface area (Å²) in [5.74, 6) is -0.572. The van der Waals surface area contributed by atoms with E-state index >= 15 is 0 Å². The van der Waals surface area contributed by atoms with E-state index in [2.05, 4.69) is 6.92 Å². The predicted molar refractivity (Wildman–Crippen MR) is 85.2 cm³/mol. The van der Waals surface area contributed by atoms with Gasteiger partial charge in [-0.05, 0) is 26.2 Å². The highest BCUT2D eigenvalue weighted by atomic mass is 16.7. The topological polar surface area (TPSA) is 71.1 Å². The van der Waals surface area contributed by atoms with Gasteiger partial charge >= 0.3 is 12.1 Å². The van der Waals surface area contributed by atoms with E-state index in [1.54, 1.807) is 0 Å². The first-order valence-corrected chi connectivity index (χ1v) is 8.75. The molecule has 0 aromatic carbocycles. The molecule has 1 aliphatic rings. The van der Waals surface area contributed by atoms with Crippen molar-refractivity contribution in [3.8, 4) is 0 Å². The Kier molecular flexibility index (Phi) is 10.4. The number of esters is 1. The third kappa shape index (κ3) is 9.43. The Hall–Kier alpha value is -1.30. The molecule has 0 aliphatic carbocycles. The SMILES string of the molecule is CCCCCCCCOC(=O)OC(C)C(=O)OCC1CCCO1. The molecule has 0 aromatic heterocycles. The average Bonchev–Trinajstić information content (AvgIpc) is 3.05. The average molecular weight is 330 g/mol. The van der Waals surface area contributed by atoms with E-state index in [1.165, 1.54) is 26.2 Å². The van der Waals surface area contributed by atoms with E-state index in [9.17, 15) is 9.59 Å². The Bertz CT molecular complexity index is 338. The molecule has 0 spiro atoms. The highest BCUT2D eigenvalue weighted by Crippen LogP contribution is 2.12. The van der Waals surface area contributed by atoms with Crippen molar-refractivity contribution in [1.82, 2.24) is 0 Å². The van der Waals surface area contributed by atoms with Crippen LogP contribution in [0.2, 0.25) is 0 Å². The minimum Gasteiger partial charge on any atom is -0.460 e. The van der Waals surface area contributed by atoms with Gasteiger partial charge in [0.1, 0.15) is 6.61 Å². The highest BCUT2D eigenvalue weighted by molar-refractivity contribution is 5.77. The zero-order chi connectivity index (χ0) is 16.9. The molecule has 2 atom stereocenters. The quantitative estimate of drug-likeness (QED) is 0.426. The van der Waals surface area contributed by atoms with Gasteiger partial charge in [-0.2, -0.15) is 0 Å². The standard InChI is InChI=1S/C17H30O6/c1-3-4-5-6-7-8-11-21-17(19)23-14(2)16(18)22-13-15-10-9-12-20-15/h14-15H,3-13H2,1-2H3. The summed E-state index contributed by atoms with van der Waals surface area (Å²) in [5.41, 5.74) is 0. The Morgan fingerprint density at radius 1 is 1.13 bits per heavy atom.